The number of nitrogens with zero attached hydrogens (tertiary/aromatic N) is 2. The predicted octanol–water partition coefficient (Wildman–Crippen LogP) is 5.72. The van der Waals surface area contributed by atoms with Crippen molar-refractivity contribution in [2.24, 2.45) is 0 Å². The SMILES string of the molecule is CCOC(=O)c1ccc(N2C(=O)c3n[nH]c(-c4ccco4)c3[C@H]2c2ccc(C(C)C)cc2)cc1. The monoisotopic (exact) mass is 455 g/mol. The molecule has 1 aliphatic heterocycles. The van der Waals surface area contributed by atoms with E-state index in [2.05, 4.69) is 48.3 Å². The van der Waals surface area contributed by atoms with Gasteiger partial charge in [0.2, 0.25) is 0 Å². The molecule has 3 heterocycles. The first-order valence-electron chi connectivity index (χ1n) is 11.3. The number of rotatable bonds is 6. The van der Waals surface area contributed by atoms with E-state index in [0.717, 1.165) is 11.1 Å². The molecule has 1 amide bonds. The third-order valence-electron chi connectivity index (χ3n) is 6.10. The summed E-state index contributed by atoms with van der Waals surface area (Å²) in [5, 5.41) is 7.35. The number of hydrogen-bond donors (Lipinski definition) is 1. The normalized spacial score (nSPS) is 15.1. The number of carbonyl (C=O) groups excluding carboxylic acids is 2. The number of amides is 1. The number of H-pyrrole nitrogens is 1. The number of benzene rings is 2. The fourth-order valence-corrected chi connectivity index (χ4v) is 4.37. The topological polar surface area (TPSA) is 88.4 Å². The molecule has 2 aromatic carbocycles. The van der Waals surface area contributed by atoms with E-state index in [9.17, 15) is 9.59 Å². The average molecular weight is 456 g/mol. The van der Waals surface area contributed by atoms with Crippen LogP contribution in [0.1, 0.15) is 70.3 Å². The van der Waals surface area contributed by atoms with Crippen LogP contribution in [0.4, 0.5) is 5.69 Å². The van der Waals surface area contributed by atoms with Crippen molar-refractivity contribution in [1.82, 2.24) is 10.2 Å². The summed E-state index contributed by atoms with van der Waals surface area (Å²) >= 11 is 0. The molecule has 1 aliphatic rings. The van der Waals surface area contributed by atoms with Crippen molar-refractivity contribution in [2.75, 3.05) is 11.5 Å². The second-order valence-corrected chi connectivity index (χ2v) is 8.50. The third-order valence-corrected chi connectivity index (χ3v) is 6.10. The smallest absolute Gasteiger partial charge is 0.338 e. The molecule has 172 valence electrons. The van der Waals surface area contributed by atoms with E-state index < -0.39 is 12.0 Å². The zero-order chi connectivity index (χ0) is 23.8. The number of ether oxygens (including phenoxy) is 1. The quantitative estimate of drug-likeness (QED) is 0.376. The Balaban J connectivity index is 1.62. The first kappa shape index (κ1) is 21.7. The standard InChI is InChI=1S/C27H25N3O4/c1-4-33-27(32)19-11-13-20(14-12-19)30-25(18-9-7-17(8-10-18)16(2)3)22-23(21-6-5-15-34-21)28-29-24(22)26(30)31/h5-16,25H,4H2,1-3H3,(H,28,29)/t25-/m1/s1. The summed E-state index contributed by atoms with van der Waals surface area (Å²) in [4.78, 5) is 27.4. The maximum atomic E-state index is 13.6. The van der Waals surface area contributed by atoms with E-state index in [1.807, 2.05) is 6.07 Å². The molecular weight excluding hydrogens is 430 g/mol. The van der Waals surface area contributed by atoms with Gasteiger partial charge in [0, 0.05) is 11.3 Å². The lowest BCUT2D eigenvalue weighted by Crippen LogP contribution is -2.29. The van der Waals surface area contributed by atoms with Crippen molar-refractivity contribution < 1.29 is 18.7 Å². The fraction of sp³-hybridized carbons (Fsp3) is 0.222. The summed E-state index contributed by atoms with van der Waals surface area (Å²) in [5.74, 6) is 0.403. The van der Waals surface area contributed by atoms with Crippen LogP contribution in [-0.4, -0.2) is 28.7 Å². The lowest BCUT2D eigenvalue weighted by Gasteiger charge is -2.27. The zero-order valence-electron chi connectivity index (χ0n) is 19.2. The minimum atomic E-state index is -0.406. The molecular formula is C27H25N3O4. The Morgan fingerprint density at radius 2 is 1.85 bits per heavy atom. The number of fused-ring (bicyclic) bond motifs is 1. The Hall–Kier alpha value is -4.13. The number of esters is 1. The van der Waals surface area contributed by atoms with Crippen LogP contribution in [0.2, 0.25) is 0 Å². The Kier molecular flexibility index (Phi) is 5.53. The molecule has 5 rings (SSSR count). The van der Waals surface area contributed by atoms with Crippen molar-refractivity contribution in [1.29, 1.82) is 0 Å². The lowest BCUT2D eigenvalue weighted by atomic mass is 9.94. The van der Waals surface area contributed by atoms with Gasteiger partial charge in [-0.1, -0.05) is 38.1 Å². The van der Waals surface area contributed by atoms with Gasteiger partial charge in [-0.25, -0.2) is 4.79 Å². The molecule has 7 heteroatoms. The number of anilines is 1. The van der Waals surface area contributed by atoms with Crippen molar-refractivity contribution in [2.45, 2.75) is 32.7 Å². The number of aromatic nitrogens is 2. The fourth-order valence-electron chi connectivity index (χ4n) is 4.37. The second kappa shape index (κ2) is 8.67. The van der Waals surface area contributed by atoms with Crippen LogP contribution >= 0.6 is 0 Å². The second-order valence-electron chi connectivity index (χ2n) is 8.50. The average Bonchev–Trinajstić information content (AvgIpc) is 3.57. The van der Waals surface area contributed by atoms with Gasteiger partial charge in [0.1, 0.15) is 5.69 Å². The van der Waals surface area contributed by atoms with E-state index in [1.54, 1.807) is 48.4 Å². The van der Waals surface area contributed by atoms with Crippen LogP contribution in [0, 0.1) is 0 Å². The molecule has 4 aromatic rings. The van der Waals surface area contributed by atoms with E-state index in [4.69, 9.17) is 9.15 Å². The minimum absolute atomic E-state index is 0.217. The van der Waals surface area contributed by atoms with Crippen molar-refractivity contribution in [3.05, 3.63) is 94.9 Å². The van der Waals surface area contributed by atoms with Gasteiger partial charge in [-0.2, -0.15) is 5.10 Å². The molecule has 0 aliphatic carbocycles. The number of furan rings is 1. The van der Waals surface area contributed by atoms with E-state index in [0.29, 0.717) is 40.9 Å². The van der Waals surface area contributed by atoms with E-state index >= 15 is 0 Å². The lowest BCUT2D eigenvalue weighted by molar-refractivity contribution is 0.0526. The van der Waals surface area contributed by atoms with Gasteiger partial charge < -0.3 is 9.15 Å². The molecule has 34 heavy (non-hydrogen) atoms. The van der Waals surface area contributed by atoms with Gasteiger partial charge >= 0.3 is 5.97 Å². The van der Waals surface area contributed by atoms with Crippen molar-refractivity contribution in [3.8, 4) is 11.5 Å². The molecule has 1 atom stereocenters. The molecule has 0 fully saturated rings. The van der Waals surface area contributed by atoms with Crippen molar-refractivity contribution >= 4 is 17.6 Å². The zero-order valence-corrected chi connectivity index (χ0v) is 19.2. The molecule has 7 nitrogen and oxygen atoms in total. The highest BCUT2D eigenvalue weighted by Crippen LogP contribution is 2.45. The predicted molar refractivity (Wildman–Crippen MR) is 128 cm³/mol. The molecule has 0 bridgehead atoms. The third kappa shape index (κ3) is 3.59. The summed E-state index contributed by atoms with van der Waals surface area (Å²) in [6.07, 6.45) is 1.59. The van der Waals surface area contributed by atoms with Gasteiger partial charge in [-0.05, 0) is 60.4 Å². The minimum Gasteiger partial charge on any atom is -0.463 e. The van der Waals surface area contributed by atoms with Gasteiger partial charge in [-0.3, -0.25) is 14.8 Å². The number of hydrogen-bond acceptors (Lipinski definition) is 5. The highest BCUT2D eigenvalue weighted by Gasteiger charge is 2.43. The summed E-state index contributed by atoms with van der Waals surface area (Å²) in [6, 6.07) is 18.4. The molecule has 0 saturated carbocycles. The maximum Gasteiger partial charge on any atom is 0.338 e. The van der Waals surface area contributed by atoms with E-state index in [-0.39, 0.29) is 5.91 Å². The molecule has 1 N–H and O–H groups in total. The van der Waals surface area contributed by atoms with Crippen LogP contribution in [-0.2, 0) is 4.74 Å². The Labute approximate surface area is 197 Å². The van der Waals surface area contributed by atoms with Crippen LogP contribution in [0.5, 0.6) is 0 Å². The van der Waals surface area contributed by atoms with Crippen LogP contribution in [0.3, 0.4) is 0 Å². The number of carbonyl (C=O) groups is 2. The number of aromatic amines is 1. The number of nitrogens with one attached hydrogen (secondary N) is 1. The molecule has 2 aromatic heterocycles. The Morgan fingerprint density at radius 1 is 1.12 bits per heavy atom. The maximum absolute atomic E-state index is 13.6. The molecule has 0 unspecified atom stereocenters. The Morgan fingerprint density at radius 3 is 2.47 bits per heavy atom. The highest BCUT2D eigenvalue weighted by molar-refractivity contribution is 6.11. The van der Waals surface area contributed by atoms with Gasteiger partial charge in [-0.15, -0.1) is 0 Å². The summed E-state index contributed by atoms with van der Waals surface area (Å²) in [6.45, 7) is 6.36. The summed E-state index contributed by atoms with van der Waals surface area (Å²) < 4.78 is 10.7. The summed E-state index contributed by atoms with van der Waals surface area (Å²) in [5.41, 5.74) is 5.09. The van der Waals surface area contributed by atoms with Crippen LogP contribution in [0.15, 0.2) is 71.3 Å². The molecule has 0 saturated heterocycles. The first-order valence-corrected chi connectivity index (χ1v) is 11.3. The first-order chi connectivity index (χ1) is 16.5. The van der Waals surface area contributed by atoms with E-state index in [1.165, 1.54) is 5.56 Å². The summed E-state index contributed by atoms with van der Waals surface area (Å²) in [7, 11) is 0. The van der Waals surface area contributed by atoms with Crippen LogP contribution in [0.25, 0.3) is 11.5 Å². The largest absolute Gasteiger partial charge is 0.463 e. The Bertz CT molecular complexity index is 1320. The van der Waals surface area contributed by atoms with Gasteiger partial charge in [0.05, 0.1) is 24.5 Å². The highest BCUT2D eigenvalue weighted by atomic mass is 16.5. The van der Waals surface area contributed by atoms with Crippen molar-refractivity contribution in [3.63, 3.8) is 0 Å². The molecule has 0 radical (unpaired) electrons. The van der Waals surface area contributed by atoms with Crippen LogP contribution < -0.4 is 4.90 Å². The van der Waals surface area contributed by atoms with Gasteiger partial charge in [0.15, 0.2) is 11.5 Å². The van der Waals surface area contributed by atoms with Gasteiger partial charge in [0.25, 0.3) is 5.91 Å². The molecule has 0 spiro atoms.